The summed E-state index contributed by atoms with van der Waals surface area (Å²) in [7, 11) is 0. The van der Waals surface area contributed by atoms with E-state index in [1.807, 2.05) is 36.1 Å². The summed E-state index contributed by atoms with van der Waals surface area (Å²) in [6, 6.07) is 12.4. The molecule has 1 aromatic heterocycles. The third-order valence-corrected chi connectivity index (χ3v) is 4.89. The molecular formula is C19H25N3O. The molecule has 0 spiro atoms. The predicted octanol–water partition coefficient (Wildman–Crippen LogP) is 2.57. The maximum atomic E-state index is 12.8. The minimum Gasteiger partial charge on any atom is -0.344 e. The van der Waals surface area contributed by atoms with Gasteiger partial charge in [-0.25, -0.2) is 0 Å². The Labute approximate surface area is 137 Å². The molecule has 122 valence electrons. The van der Waals surface area contributed by atoms with Crippen LogP contribution in [0.4, 0.5) is 0 Å². The molecule has 0 radical (unpaired) electrons. The van der Waals surface area contributed by atoms with Crippen LogP contribution in [0.5, 0.6) is 0 Å². The number of amides is 1. The highest BCUT2D eigenvalue weighted by atomic mass is 16.2. The molecule has 2 aromatic rings. The molecule has 1 saturated heterocycles. The monoisotopic (exact) mass is 311 g/mol. The van der Waals surface area contributed by atoms with E-state index in [-0.39, 0.29) is 5.91 Å². The van der Waals surface area contributed by atoms with E-state index in [1.165, 1.54) is 5.56 Å². The Balaban J connectivity index is 1.82. The van der Waals surface area contributed by atoms with Crippen molar-refractivity contribution in [2.24, 2.45) is 11.7 Å². The van der Waals surface area contributed by atoms with Gasteiger partial charge in [-0.3, -0.25) is 4.79 Å². The normalized spacial score (nSPS) is 17.7. The molecule has 4 nitrogen and oxygen atoms in total. The second-order valence-corrected chi connectivity index (χ2v) is 6.50. The largest absolute Gasteiger partial charge is 0.344 e. The highest BCUT2D eigenvalue weighted by molar-refractivity contribution is 5.96. The van der Waals surface area contributed by atoms with Gasteiger partial charge in [0.25, 0.3) is 5.91 Å². The lowest BCUT2D eigenvalue weighted by Crippen LogP contribution is -2.30. The number of nitrogens with two attached hydrogens (primary N) is 1. The summed E-state index contributed by atoms with van der Waals surface area (Å²) in [5.74, 6) is 0.597. The number of aryl methyl sites for hydroxylation is 1. The third-order valence-electron chi connectivity index (χ3n) is 4.89. The first-order chi connectivity index (χ1) is 11.1. The molecule has 0 bridgehead atoms. The Hall–Kier alpha value is -2.07. The number of carbonyl (C=O) groups is 1. The summed E-state index contributed by atoms with van der Waals surface area (Å²) in [5, 5.41) is 0. The first-order valence-corrected chi connectivity index (χ1v) is 8.30. The van der Waals surface area contributed by atoms with Gasteiger partial charge in [0.15, 0.2) is 0 Å². The van der Waals surface area contributed by atoms with E-state index in [9.17, 15) is 4.79 Å². The van der Waals surface area contributed by atoms with Gasteiger partial charge in [0, 0.05) is 31.0 Å². The quantitative estimate of drug-likeness (QED) is 0.943. The lowest BCUT2D eigenvalue weighted by atomic mass is 10.1. The molecule has 23 heavy (non-hydrogen) atoms. The van der Waals surface area contributed by atoms with Crippen LogP contribution in [0.1, 0.15) is 33.7 Å². The van der Waals surface area contributed by atoms with E-state index >= 15 is 0 Å². The molecule has 0 saturated carbocycles. The Kier molecular flexibility index (Phi) is 4.53. The van der Waals surface area contributed by atoms with Crippen LogP contribution >= 0.6 is 0 Å². The second kappa shape index (κ2) is 6.59. The number of hydrogen-bond donors (Lipinski definition) is 1. The summed E-state index contributed by atoms with van der Waals surface area (Å²) in [5.41, 5.74) is 9.99. The van der Waals surface area contributed by atoms with Crippen molar-refractivity contribution in [2.45, 2.75) is 26.8 Å². The van der Waals surface area contributed by atoms with Gasteiger partial charge in [-0.05, 0) is 44.4 Å². The van der Waals surface area contributed by atoms with Crippen LogP contribution in [0.15, 0.2) is 36.4 Å². The number of aromatic nitrogens is 1. The Bertz CT molecular complexity index is 690. The van der Waals surface area contributed by atoms with Crippen LogP contribution in [-0.4, -0.2) is 35.0 Å². The van der Waals surface area contributed by atoms with Crippen LogP contribution < -0.4 is 5.73 Å². The van der Waals surface area contributed by atoms with Gasteiger partial charge in [0.1, 0.15) is 0 Å². The maximum absolute atomic E-state index is 12.8. The van der Waals surface area contributed by atoms with E-state index in [0.29, 0.717) is 12.5 Å². The molecule has 0 aliphatic carbocycles. The van der Waals surface area contributed by atoms with E-state index < -0.39 is 0 Å². The molecule has 3 rings (SSSR count). The van der Waals surface area contributed by atoms with Crippen molar-refractivity contribution in [3.05, 3.63) is 58.9 Å². The molecular weight excluding hydrogens is 286 g/mol. The molecule has 4 heteroatoms. The molecule has 1 fully saturated rings. The van der Waals surface area contributed by atoms with Gasteiger partial charge in [0.2, 0.25) is 0 Å². The molecule has 1 atom stereocenters. The van der Waals surface area contributed by atoms with Crippen molar-refractivity contribution < 1.29 is 4.79 Å². The predicted molar refractivity (Wildman–Crippen MR) is 92.5 cm³/mol. The highest BCUT2D eigenvalue weighted by Gasteiger charge is 2.28. The average Bonchev–Trinajstić information content (AvgIpc) is 3.15. The minimum absolute atomic E-state index is 0.147. The van der Waals surface area contributed by atoms with Crippen LogP contribution in [-0.2, 0) is 6.54 Å². The molecule has 1 aromatic carbocycles. The van der Waals surface area contributed by atoms with E-state index in [1.54, 1.807) is 0 Å². The van der Waals surface area contributed by atoms with Gasteiger partial charge < -0.3 is 15.2 Å². The summed E-state index contributed by atoms with van der Waals surface area (Å²) < 4.78 is 2.22. The summed E-state index contributed by atoms with van der Waals surface area (Å²) in [6.45, 7) is 7.19. The van der Waals surface area contributed by atoms with Gasteiger partial charge in [-0.1, -0.05) is 30.3 Å². The van der Waals surface area contributed by atoms with Crippen molar-refractivity contribution in [2.75, 3.05) is 19.6 Å². The first-order valence-electron chi connectivity index (χ1n) is 8.30. The minimum atomic E-state index is 0.147. The van der Waals surface area contributed by atoms with Crippen molar-refractivity contribution in [1.29, 1.82) is 0 Å². The maximum Gasteiger partial charge on any atom is 0.255 e. The van der Waals surface area contributed by atoms with Gasteiger partial charge in [-0.2, -0.15) is 0 Å². The number of rotatable bonds is 4. The Morgan fingerprint density at radius 3 is 2.65 bits per heavy atom. The number of likely N-dealkylation sites (tertiary alicyclic amines) is 1. The first kappa shape index (κ1) is 15.8. The van der Waals surface area contributed by atoms with Gasteiger partial charge >= 0.3 is 0 Å². The fourth-order valence-corrected chi connectivity index (χ4v) is 3.41. The second-order valence-electron chi connectivity index (χ2n) is 6.50. The molecule has 2 N–H and O–H groups in total. The van der Waals surface area contributed by atoms with Gasteiger partial charge in [0.05, 0.1) is 5.56 Å². The van der Waals surface area contributed by atoms with Crippen LogP contribution in [0.3, 0.4) is 0 Å². The van der Waals surface area contributed by atoms with Crippen molar-refractivity contribution in [3.8, 4) is 0 Å². The topological polar surface area (TPSA) is 51.3 Å². The van der Waals surface area contributed by atoms with Crippen LogP contribution in [0.2, 0.25) is 0 Å². The smallest absolute Gasteiger partial charge is 0.255 e. The average molecular weight is 311 g/mol. The number of nitrogens with zero attached hydrogens (tertiary/aromatic N) is 2. The summed E-state index contributed by atoms with van der Waals surface area (Å²) in [4.78, 5) is 14.8. The molecule has 1 aliphatic heterocycles. The van der Waals surface area contributed by atoms with Crippen molar-refractivity contribution in [3.63, 3.8) is 0 Å². The number of benzene rings is 1. The lowest BCUT2D eigenvalue weighted by Gasteiger charge is -2.16. The van der Waals surface area contributed by atoms with Crippen LogP contribution in [0, 0.1) is 19.8 Å². The molecule has 1 amide bonds. The van der Waals surface area contributed by atoms with E-state index in [0.717, 1.165) is 43.0 Å². The molecule has 0 unspecified atom stereocenters. The lowest BCUT2D eigenvalue weighted by molar-refractivity contribution is 0.0787. The summed E-state index contributed by atoms with van der Waals surface area (Å²) >= 11 is 0. The zero-order valence-corrected chi connectivity index (χ0v) is 14.0. The zero-order valence-electron chi connectivity index (χ0n) is 14.0. The van der Waals surface area contributed by atoms with E-state index in [4.69, 9.17) is 5.73 Å². The molecule has 1 aliphatic rings. The van der Waals surface area contributed by atoms with Gasteiger partial charge in [-0.15, -0.1) is 0 Å². The van der Waals surface area contributed by atoms with E-state index in [2.05, 4.69) is 23.6 Å². The fourth-order valence-electron chi connectivity index (χ4n) is 3.41. The third kappa shape index (κ3) is 3.17. The van der Waals surface area contributed by atoms with Crippen molar-refractivity contribution in [1.82, 2.24) is 9.47 Å². The summed E-state index contributed by atoms with van der Waals surface area (Å²) in [6.07, 6.45) is 1.02. The fraction of sp³-hybridized carbons (Fsp3) is 0.421. The van der Waals surface area contributed by atoms with Crippen molar-refractivity contribution >= 4 is 5.91 Å². The highest BCUT2D eigenvalue weighted by Crippen LogP contribution is 2.22. The Morgan fingerprint density at radius 1 is 1.26 bits per heavy atom. The zero-order chi connectivity index (χ0) is 16.4. The number of hydrogen-bond acceptors (Lipinski definition) is 2. The Morgan fingerprint density at radius 2 is 2.00 bits per heavy atom. The van der Waals surface area contributed by atoms with Crippen LogP contribution in [0.25, 0.3) is 0 Å². The SMILES string of the molecule is Cc1cc(C(=O)N2CC[C@H](CN)C2)c(C)n1Cc1ccccc1. The standard InChI is InChI=1S/C19H25N3O/c1-14-10-18(19(23)21-9-8-17(11-20)12-21)15(2)22(14)13-16-6-4-3-5-7-16/h3-7,10,17H,8-9,11-13,20H2,1-2H3/t17-/m1/s1. The molecule has 2 heterocycles. The number of carbonyl (C=O) groups excluding carboxylic acids is 1.